The van der Waals surface area contributed by atoms with Gasteiger partial charge in [-0.05, 0) is 50.3 Å². The first kappa shape index (κ1) is 46.0. The number of hydrogen-bond acceptors (Lipinski definition) is 10. The van der Waals surface area contributed by atoms with Crippen LogP contribution in [0.1, 0.15) is 29.2 Å². The largest absolute Gasteiger partial charge is 0.459 e. The van der Waals surface area contributed by atoms with E-state index in [1.165, 1.54) is 30.8 Å². The Morgan fingerprint density at radius 2 is 1.15 bits per heavy atom. The molecule has 0 spiro atoms. The van der Waals surface area contributed by atoms with Gasteiger partial charge >= 0.3 is 11.9 Å². The summed E-state index contributed by atoms with van der Waals surface area (Å²) >= 11 is 1.48. The van der Waals surface area contributed by atoms with Gasteiger partial charge in [0.05, 0.1) is 21.7 Å². The summed E-state index contributed by atoms with van der Waals surface area (Å²) in [6.45, 7) is -2.40. The summed E-state index contributed by atoms with van der Waals surface area (Å²) in [4.78, 5) is 57.9. The van der Waals surface area contributed by atoms with Gasteiger partial charge in [0.2, 0.25) is 5.91 Å². The summed E-state index contributed by atoms with van der Waals surface area (Å²) in [5.41, 5.74) is 3.22. The maximum absolute atomic E-state index is 16.1. The van der Waals surface area contributed by atoms with E-state index in [1.807, 2.05) is 146 Å². The molecule has 9 rings (SSSR count). The molecule has 2 saturated heterocycles. The molecule has 0 bridgehead atoms. The summed E-state index contributed by atoms with van der Waals surface area (Å²) in [5.74, 6) is -2.90. The van der Waals surface area contributed by atoms with Crippen molar-refractivity contribution < 1.29 is 38.3 Å². The Bertz CT molecular complexity index is 2720. The third-order valence-electron chi connectivity index (χ3n) is 12.3. The fraction of sp³-hybridized carbons (Fsp3) is 0.164. The Morgan fingerprint density at radius 3 is 1.54 bits per heavy atom. The van der Waals surface area contributed by atoms with E-state index in [0.717, 1.165) is 32.6 Å². The number of non-ortho nitro benzene ring substituents is 1. The first-order valence-electron chi connectivity index (χ1n) is 22.1. The second kappa shape index (κ2) is 20.4. The van der Waals surface area contributed by atoms with Crippen LogP contribution in [0.15, 0.2) is 206 Å². The van der Waals surface area contributed by atoms with Crippen molar-refractivity contribution in [1.82, 2.24) is 4.90 Å². The Balaban J connectivity index is 1.37. The van der Waals surface area contributed by atoms with Crippen LogP contribution in [0.25, 0.3) is 0 Å². The van der Waals surface area contributed by atoms with Crippen LogP contribution >= 0.6 is 18.6 Å². The number of rotatable bonds is 16. The molecular formula is C55H47N2O9PS. The van der Waals surface area contributed by atoms with Gasteiger partial charge in [0.25, 0.3) is 5.69 Å². The molecule has 2 aliphatic rings. The highest BCUT2D eigenvalue weighted by Gasteiger charge is 2.62. The lowest BCUT2D eigenvalue weighted by molar-refractivity contribution is -0.384. The molecule has 0 aromatic heterocycles. The van der Waals surface area contributed by atoms with Crippen molar-refractivity contribution in [3.05, 3.63) is 239 Å². The lowest BCUT2D eigenvalue weighted by Gasteiger charge is -2.54. The van der Waals surface area contributed by atoms with Crippen LogP contribution in [0.2, 0.25) is 0 Å². The molecule has 0 radical (unpaired) electrons. The van der Waals surface area contributed by atoms with Gasteiger partial charge in [-0.1, -0.05) is 182 Å². The number of benzene rings is 7. The lowest BCUT2D eigenvalue weighted by atomic mass is 9.84. The third kappa shape index (κ3) is 8.79. The molecular weight excluding hydrogens is 896 g/mol. The van der Waals surface area contributed by atoms with E-state index >= 15 is 9.59 Å². The first-order valence-corrected chi connectivity index (χ1v) is 24.8. The van der Waals surface area contributed by atoms with Crippen molar-refractivity contribution >= 4 is 63.5 Å². The Kier molecular flexibility index (Phi) is 13.8. The number of nitro groups is 1. The molecule has 4 atom stereocenters. The van der Waals surface area contributed by atoms with Gasteiger partial charge in [-0.2, -0.15) is 0 Å². The average molecular weight is 943 g/mol. The second-order valence-electron chi connectivity index (χ2n) is 16.3. The first-order chi connectivity index (χ1) is 33.2. The number of likely N-dealkylation sites (tertiary alicyclic amines) is 1. The molecule has 4 unspecified atom stereocenters. The number of hydrogen-bond donors (Lipinski definition) is 0. The van der Waals surface area contributed by atoms with Gasteiger partial charge in [-0.3, -0.25) is 24.6 Å². The molecule has 342 valence electrons. The number of nitro benzene ring substituents is 1. The van der Waals surface area contributed by atoms with E-state index < -0.39 is 57.9 Å². The number of thioether (sulfide) groups is 1. The second-order valence-corrected chi connectivity index (χ2v) is 20.9. The number of β-lactam (4-membered cyclic amide) rings is 1. The van der Waals surface area contributed by atoms with Crippen molar-refractivity contribution in [2.75, 3.05) is 13.4 Å². The third-order valence-corrected chi connectivity index (χ3v) is 18.3. The zero-order valence-electron chi connectivity index (χ0n) is 37.0. The summed E-state index contributed by atoms with van der Waals surface area (Å²) in [7, 11) is 0. The molecule has 0 N–H and O–H groups in total. The maximum Gasteiger partial charge on any atom is 0.356 e. The van der Waals surface area contributed by atoms with Crippen LogP contribution in [0.3, 0.4) is 0 Å². The number of esters is 2. The van der Waals surface area contributed by atoms with Crippen molar-refractivity contribution in [2.45, 2.75) is 35.9 Å². The number of amides is 1. The van der Waals surface area contributed by atoms with Crippen molar-refractivity contribution in [1.29, 1.82) is 0 Å². The van der Waals surface area contributed by atoms with Crippen LogP contribution in [0.4, 0.5) is 5.69 Å². The molecule has 2 heterocycles. The molecule has 2 fully saturated rings. The van der Waals surface area contributed by atoms with Gasteiger partial charge in [-0.25, -0.2) is 4.79 Å². The maximum atomic E-state index is 16.1. The Hall–Kier alpha value is -7.08. The van der Waals surface area contributed by atoms with Crippen molar-refractivity contribution in [3.8, 4) is 0 Å². The topological polar surface area (TPSA) is 135 Å². The van der Waals surface area contributed by atoms with Gasteiger partial charge < -0.3 is 18.9 Å². The number of ether oxygens (including phenoxy) is 4. The zero-order chi connectivity index (χ0) is 47.1. The Labute approximate surface area is 398 Å². The molecule has 68 heavy (non-hydrogen) atoms. The van der Waals surface area contributed by atoms with Crippen LogP contribution in [0.5, 0.6) is 0 Å². The standard InChI is InChI=1S/C55H47N2O9PS/c1-39(58)66-50(48-37-63-38-65-48)49-51(59)56(53(49)68-55(41-20-8-2-9-21-41,42-22-10-3-11-23-42)43-24-12-4-13-25-43)52(54(60)64-36-40-32-34-44(35-33-40)57(61)62)67(45-26-14-5-15-27-45,46-28-16-6-17-29-46)47-30-18-7-19-31-47/h2-35,48-50,53H,36-38H2,1H3. The molecule has 0 saturated carbocycles. The fourth-order valence-corrected chi connectivity index (χ4v) is 15.6. The fourth-order valence-electron chi connectivity index (χ4n) is 9.25. The Morgan fingerprint density at radius 1 is 0.706 bits per heavy atom. The van der Waals surface area contributed by atoms with Crippen LogP contribution in [-0.4, -0.2) is 64.1 Å². The van der Waals surface area contributed by atoms with E-state index in [4.69, 9.17) is 18.9 Å². The monoisotopic (exact) mass is 942 g/mol. The zero-order valence-corrected chi connectivity index (χ0v) is 38.7. The van der Waals surface area contributed by atoms with Gasteiger partial charge in [0, 0.05) is 25.9 Å². The molecule has 0 aliphatic carbocycles. The molecule has 7 aromatic carbocycles. The number of carbonyl (C=O) groups is 3. The van der Waals surface area contributed by atoms with E-state index in [-0.39, 0.29) is 31.1 Å². The SMILES string of the molecule is CC(=O)OC(C1COCO1)C1C(=O)N(C(C(=O)OCc2ccc([N+](=O)[O-])cc2)=P(c2ccccc2)(c2ccccc2)c2ccccc2)C1SC(c1ccccc1)(c1ccccc1)c1ccccc1. The predicted octanol–water partition coefficient (Wildman–Crippen LogP) is 8.58. The minimum Gasteiger partial charge on any atom is -0.459 e. The van der Waals surface area contributed by atoms with Crippen molar-refractivity contribution in [3.63, 3.8) is 0 Å². The van der Waals surface area contributed by atoms with Crippen LogP contribution in [0, 0.1) is 16.0 Å². The van der Waals surface area contributed by atoms with Gasteiger partial charge in [-0.15, -0.1) is 11.8 Å². The minimum atomic E-state index is -3.47. The lowest BCUT2D eigenvalue weighted by Crippen LogP contribution is -2.70. The molecule has 13 heteroatoms. The van der Waals surface area contributed by atoms with Crippen LogP contribution in [-0.2, 0) is 44.7 Å². The number of carbonyl (C=O) groups excluding carboxylic acids is 3. The van der Waals surface area contributed by atoms with Crippen LogP contribution < -0.4 is 15.9 Å². The summed E-state index contributed by atoms with van der Waals surface area (Å²) in [6, 6.07) is 65.0. The number of nitrogens with zero attached hydrogens (tertiary/aromatic N) is 2. The highest BCUT2D eigenvalue weighted by atomic mass is 32.2. The van der Waals surface area contributed by atoms with Gasteiger partial charge in [0.1, 0.15) is 36.9 Å². The highest BCUT2D eigenvalue weighted by molar-refractivity contribution is 8.01. The highest BCUT2D eigenvalue weighted by Crippen LogP contribution is 2.58. The normalized spacial score (nSPS) is 17.4. The summed E-state index contributed by atoms with van der Waals surface area (Å²) < 4.78 is 23.3. The van der Waals surface area contributed by atoms with E-state index in [2.05, 4.69) is 36.4 Å². The average Bonchev–Trinajstić information content (AvgIpc) is 3.94. The minimum absolute atomic E-state index is 0.0517. The predicted molar refractivity (Wildman–Crippen MR) is 265 cm³/mol. The van der Waals surface area contributed by atoms with E-state index in [0.29, 0.717) is 5.56 Å². The summed E-state index contributed by atoms with van der Waals surface area (Å²) in [5, 5.41) is 13.0. The van der Waals surface area contributed by atoms with Gasteiger partial charge in [0.15, 0.2) is 0 Å². The van der Waals surface area contributed by atoms with Crippen molar-refractivity contribution in [2.24, 2.45) is 5.92 Å². The van der Waals surface area contributed by atoms with E-state index in [9.17, 15) is 14.9 Å². The quantitative estimate of drug-likeness (QED) is 0.0232. The molecule has 11 nitrogen and oxygen atoms in total. The molecule has 7 aromatic rings. The smallest absolute Gasteiger partial charge is 0.356 e. The molecule has 1 amide bonds. The summed E-state index contributed by atoms with van der Waals surface area (Å²) in [6.07, 6.45) is -1.92. The molecule has 2 aliphatic heterocycles. The van der Waals surface area contributed by atoms with E-state index in [1.54, 1.807) is 17.0 Å².